The number of nitrogens with zero attached hydrogens (tertiary/aromatic N) is 2. The van der Waals surface area contributed by atoms with E-state index >= 15 is 0 Å². The molecule has 5 nitrogen and oxygen atoms in total. The number of amides is 1. The number of hydrogen-bond acceptors (Lipinski definition) is 4. The lowest BCUT2D eigenvalue weighted by molar-refractivity contribution is -0.159. The van der Waals surface area contributed by atoms with Gasteiger partial charge in [-0.2, -0.15) is 13.2 Å². The van der Waals surface area contributed by atoms with E-state index in [1.54, 1.807) is 41.6 Å². The monoisotopic (exact) mass is 378 g/mol. The Kier molecular flexibility index (Phi) is 6.08. The molecule has 144 valence electrons. The van der Waals surface area contributed by atoms with Crippen molar-refractivity contribution in [2.24, 2.45) is 0 Å². The van der Waals surface area contributed by atoms with Crippen LogP contribution >= 0.6 is 0 Å². The first-order valence-electron chi connectivity index (χ1n) is 8.72. The van der Waals surface area contributed by atoms with Crippen LogP contribution in [0.2, 0.25) is 0 Å². The molecule has 1 aliphatic heterocycles. The fourth-order valence-electron chi connectivity index (χ4n) is 3.23. The van der Waals surface area contributed by atoms with Crippen molar-refractivity contribution in [2.75, 3.05) is 26.2 Å². The minimum absolute atomic E-state index is 0.0851. The Morgan fingerprint density at radius 1 is 1.26 bits per heavy atom. The molecule has 0 spiro atoms. The number of carbonyl (C=O) groups is 1. The highest BCUT2D eigenvalue weighted by atomic mass is 19.4. The summed E-state index contributed by atoms with van der Waals surface area (Å²) in [5, 5.41) is 5.60. The van der Waals surface area contributed by atoms with E-state index in [-0.39, 0.29) is 17.5 Å². The summed E-state index contributed by atoms with van der Waals surface area (Å²) in [6.07, 6.45) is -1.18. The maximum Gasteiger partial charge on any atom is 0.407 e. The van der Waals surface area contributed by atoms with Gasteiger partial charge in [0.2, 0.25) is 5.91 Å². The zero-order valence-corrected chi connectivity index (χ0v) is 14.6. The Hall–Kier alpha value is -2.45. The Labute approximate surface area is 155 Å². The van der Waals surface area contributed by atoms with Gasteiger partial charge in [0.05, 0.1) is 12.6 Å². The molecule has 2 N–H and O–H groups in total. The minimum Gasteiger partial charge on any atom is -0.332 e. The van der Waals surface area contributed by atoms with Crippen LogP contribution in [0, 0.1) is 0 Å². The van der Waals surface area contributed by atoms with Crippen molar-refractivity contribution in [3.63, 3.8) is 0 Å². The molecule has 2 unspecified atom stereocenters. The van der Waals surface area contributed by atoms with Gasteiger partial charge in [0.15, 0.2) is 0 Å². The van der Waals surface area contributed by atoms with Crippen LogP contribution in [0.4, 0.5) is 13.2 Å². The van der Waals surface area contributed by atoms with Crippen molar-refractivity contribution in [3.05, 3.63) is 66.0 Å². The molecule has 8 heteroatoms. The van der Waals surface area contributed by atoms with Crippen LogP contribution in [-0.2, 0) is 4.79 Å². The van der Waals surface area contributed by atoms with Gasteiger partial charge in [0.1, 0.15) is 6.04 Å². The molecule has 2 heterocycles. The van der Waals surface area contributed by atoms with Gasteiger partial charge in [-0.15, -0.1) is 0 Å². The second-order valence-electron chi connectivity index (χ2n) is 6.36. The number of benzene rings is 1. The Balaban J connectivity index is 1.71. The van der Waals surface area contributed by atoms with Gasteiger partial charge < -0.3 is 10.2 Å². The summed E-state index contributed by atoms with van der Waals surface area (Å²) in [5.74, 6) is -0.365. The van der Waals surface area contributed by atoms with Gasteiger partial charge in [0.25, 0.3) is 0 Å². The molecule has 1 amide bonds. The van der Waals surface area contributed by atoms with Gasteiger partial charge in [-0.25, -0.2) is 0 Å². The highest BCUT2D eigenvalue weighted by molar-refractivity contribution is 5.79. The molecule has 3 rings (SSSR count). The number of pyridine rings is 1. The number of carbonyl (C=O) groups excluding carboxylic acids is 1. The smallest absolute Gasteiger partial charge is 0.332 e. The third-order valence-electron chi connectivity index (χ3n) is 4.55. The van der Waals surface area contributed by atoms with Gasteiger partial charge in [0, 0.05) is 32.0 Å². The van der Waals surface area contributed by atoms with Crippen LogP contribution in [0.5, 0.6) is 0 Å². The average Bonchev–Trinajstić information content (AvgIpc) is 2.68. The number of hydrogen-bond donors (Lipinski definition) is 2. The zero-order valence-electron chi connectivity index (χ0n) is 14.6. The van der Waals surface area contributed by atoms with E-state index in [4.69, 9.17) is 0 Å². The van der Waals surface area contributed by atoms with Crippen molar-refractivity contribution >= 4 is 5.91 Å². The summed E-state index contributed by atoms with van der Waals surface area (Å²) < 4.78 is 40.3. The summed E-state index contributed by atoms with van der Waals surface area (Å²) in [5.41, 5.74) is 0.940. The fraction of sp³-hybridized carbons (Fsp3) is 0.368. The molecule has 2 aromatic rings. The lowest BCUT2D eigenvalue weighted by atomic mass is 10.0. The average molecular weight is 378 g/mol. The zero-order chi connectivity index (χ0) is 19.3. The minimum atomic E-state index is -4.49. The molecule has 1 aromatic carbocycles. The molecular formula is C19H21F3N4O. The topological polar surface area (TPSA) is 57.3 Å². The van der Waals surface area contributed by atoms with Crippen LogP contribution in [0.25, 0.3) is 0 Å². The SMILES string of the molecule is O=C(CNC(c1ccccc1)C(F)(F)F)N1CCNCC1c1cccnc1. The number of nitrogens with one attached hydrogen (secondary N) is 2. The second-order valence-corrected chi connectivity index (χ2v) is 6.36. The summed E-state index contributed by atoms with van der Waals surface area (Å²) in [7, 11) is 0. The van der Waals surface area contributed by atoms with Gasteiger partial charge in [-0.05, 0) is 17.2 Å². The van der Waals surface area contributed by atoms with Gasteiger partial charge in [-0.1, -0.05) is 36.4 Å². The normalized spacial score (nSPS) is 18.9. The highest BCUT2D eigenvalue weighted by Crippen LogP contribution is 2.32. The van der Waals surface area contributed by atoms with Crippen molar-refractivity contribution < 1.29 is 18.0 Å². The number of rotatable bonds is 5. The number of halogens is 3. The standard InChI is InChI=1S/C19H21F3N4O/c20-19(21,22)18(14-5-2-1-3-6-14)25-13-17(27)26-10-9-24-12-16(26)15-7-4-8-23-11-15/h1-8,11,16,18,24-25H,9-10,12-13H2. The van der Waals surface area contributed by atoms with E-state index in [1.807, 2.05) is 6.07 Å². The van der Waals surface area contributed by atoms with E-state index in [9.17, 15) is 18.0 Å². The maximum atomic E-state index is 13.4. The van der Waals surface area contributed by atoms with Crippen LogP contribution in [0.3, 0.4) is 0 Å². The predicted octanol–water partition coefficient (Wildman–Crippen LogP) is 2.45. The molecule has 27 heavy (non-hydrogen) atoms. The molecule has 0 radical (unpaired) electrons. The lowest BCUT2D eigenvalue weighted by Gasteiger charge is -2.37. The third kappa shape index (κ3) is 4.84. The van der Waals surface area contributed by atoms with E-state index in [2.05, 4.69) is 15.6 Å². The molecule has 1 aromatic heterocycles. The summed E-state index contributed by atoms with van der Waals surface area (Å²) in [6, 6.07) is 9.06. The first kappa shape index (κ1) is 19.3. The fourth-order valence-corrected chi connectivity index (χ4v) is 3.23. The van der Waals surface area contributed by atoms with E-state index in [0.717, 1.165) is 5.56 Å². The van der Waals surface area contributed by atoms with Crippen LogP contribution in [0.1, 0.15) is 23.2 Å². The Morgan fingerprint density at radius 2 is 2.04 bits per heavy atom. The molecule has 0 aliphatic carbocycles. The Bertz CT molecular complexity index is 740. The molecule has 0 saturated carbocycles. The molecule has 0 bridgehead atoms. The summed E-state index contributed by atoms with van der Waals surface area (Å²) >= 11 is 0. The van der Waals surface area contributed by atoms with Crippen molar-refractivity contribution in [1.29, 1.82) is 0 Å². The van der Waals surface area contributed by atoms with E-state index in [1.165, 1.54) is 12.1 Å². The molecule has 1 aliphatic rings. The Morgan fingerprint density at radius 3 is 2.70 bits per heavy atom. The van der Waals surface area contributed by atoms with E-state index in [0.29, 0.717) is 19.6 Å². The first-order valence-corrected chi connectivity index (χ1v) is 8.72. The molecule has 1 fully saturated rings. The lowest BCUT2D eigenvalue weighted by Crippen LogP contribution is -2.51. The molecular weight excluding hydrogens is 357 g/mol. The summed E-state index contributed by atoms with van der Waals surface area (Å²) in [6.45, 7) is 1.18. The molecule has 2 atom stereocenters. The second kappa shape index (κ2) is 8.49. The van der Waals surface area contributed by atoms with Crippen LogP contribution in [-0.4, -0.2) is 48.1 Å². The van der Waals surface area contributed by atoms with Crippen molar-refractivity contribution in [2.45, 2.75) is 18.3 Å². The van der Waals surface area contributed by atoms with Crippen LogP contribution in [0.15, 0.2) is 54.9 Å². The predicted molar refractivity (Wildman–Crippen MR) is 94.8 cm³/mol. The highest BCUT2D eigenvalue weighted by Gasteiger charge is 2.41. The summed E-state index contributed by atoms with van der Waals surface area (Å²) in [4.78, 5) is 18.4. The molecule has 1 saturated heterocycles. The van der Waals surface area contributed by atoms with Gasteiger partial charge >= 0.3 is 6.18 Å². The number of alkyl halides is 3. The van der Waals surface area contributed by atoms with Crippen LogP contribution < -0.4 is 10.6 Å². The largest absolute Gasteiger partial charge is 0.407 e. The van der Waals surface area contributed by atoms with E-state index < -0.39 is 18.8 Å². The maximum absolute atomic E-state index is 13.4. The third-order valence-corrected chi connectivity index (χ3v) is 4.55. The number of piperazine rings is 1. The van der Waals surface area contributed by atoms with Crippen molar-refractivity contribution in [3.8, 4) is 0 Å². The first-order chi connectivity index (χ1) is 13.0. The van der Waals surface area contributed by atoms with Crippen molar-refractivity contribution in [1.82, 2.24) is 20.5 Å². The quantitative estimate of drug-likeness (QED) is 0.839. The van der Waals surface area contributed by atoms with Gasteiger partial charge in [-0.3, -0.25) is 15.1 Å². The number of aromatic nitrogens is 1.